The zero-order valence-corrected chi connectivity index (χ0v) is 10.8. The monoisotopic (exact) mass is 234 g/mol. The minimum atomic E-state index is 0.942. The Labute approximate surface area is 104 Å². The van der Waals surface area contributed by atoms with Crippen LogP contribution in [0, 0.1) is 5.92 Å². The predicted molar refractivity (Wildman–Crippen MR) is 71.9 cm³/mol. The van der Waals surface area contributed by atoms with E-state index in [2.05, 4.69) is 23.3 Å². The van der Waals surface area contributed by atoms with E-state index < -0.39 is 0 Å². The van der Waals surface area contributed by atoms with Gasteiger partial charge in [0.15, 0.2) is 0 Å². The molecule has 2 rings (SSSR count). The highest BCUT2D eigenvalue weighted by Crippen LogP contribution is 2.28. The number of nitrogens with zero attached hydrogens (tertiary/aromatic N) is 1. The number of likely N-dealkylation sites (N-methyl/N-ethyl adjacent to an activating group) is 1. The van der Waals surface area contributed by atoms with Gasteiger partial charge in [-0.05, 0) is 37.4 Å². The standard InChI is InChI=1S/C14H22N2O/c1-16(10-9-15-11-12-7-8-12)13-5-3-4-6-14(13)17-2/h3-6,12,15H,7-11H2,1-2H3. The number of methoxy groups -OCH3 is 1. The number of hydrogen-bond acceptors (Lipinski definition) is 3. The van der Waals surface area contributed by atoms with E-state index in [0.717, 1.165) is 30.4 Å². The molecule has 3 nitrogen and oxygen atoms in total. The van der Waals surface area contributed by atoms with Gasteiger partial charge in [0.2, 0.25) is 0 Å². The van der Waals surface area contributed by atoms with Crippen molar-refractivity contribution in [1.29, 1.82) is 0 Å². The van der Waals surface area contributed by atoms with Gasteiger partial charge in [-0.2, -0.15) is 0 Å². The Morgan fingerprint density at radius 1 is 1.35 bits per heavy atom. The number of hydrogen-bond donors (Lipinski definition) is 1. The van der Waals surface area contributed by atoms with Crippen molar-refractivity contribution in [3.8, 4) is 5.75 Å². The second-order valence-electron chi connectivity index (χ2n) is 4.74. The predicted octanol–water partition coefficient (Wildman–Crippen LogP) is 2.13. The highest BCUT2D eigenvalue weighted by Gasteiger charge is 2.20. The average Bonchev–Trinajstić information content (AvgIpc) is 3.18. The summed E-state index contributed by atoms with van der Waals surface area (Å²) in [5.41, 5.74) is 1.16. The van der Waals surface area contributed by atoms with Crippen molar-refractivity contribution in [3.63, 3.8) is 0 Å². The van der Waals surface area contributed by atoms with Crippen molar-refractivity contribution in [2.45, 2.75) is 12.8 Å². The molecule has 0 unspecified atom stereocenters. The maximum atomic E-state index is 5.36. The molecule has 1 aliphatic rings. The van der Waals surface area contributed by atoms with E-state index in [1.807, 2.05) is 18.2 Å². The third kappa shape index (κ3) is 3.63. The molecule has 0 spiro atoms. The van der Waals surface area contributed by atoms with Crippen molar-refractivity contribution >= 4 is 5.69 Å². The molecule has 0 aromatic heterocycles. The first-order valence-corrected chi connectivity index (χ1v) is 6.36. The summed E-state index contributed by atoms with van der Waals surface area (Å²) in [6.45, 7) is 3.22. The molecular formula is C14H22N2O. The Kier molecular flexibility index (Phi) is 4.26. The molecule has 1 saturated carbocycles. The molecule has 0 atom stereocenters. The molecule has 0 amide bonds. The fraction of sp³-hybridized carbons (Fsp3) is 0.571. The summed E-state index contributed by atoms with van der Waals surface area (Å²) in [5.74, 6) is 1.89. The molecule has 0 heterocycles. The van der Waals surface area contributed by atoms with Crippen molar-refractivity contribution in [2.75, 3.05) is 38.7 Å². The Hall–Kier alpha value is -1.22. The first kappa shape index (κ1) is 12.2. The van der Waals surface area contributed by atoms with Crippen molar-refractivity contribution in [1.82, 2.24) is 5.32 Å². The Bertz CT molecular complexity index is 350. The van der Waals surface area contributed by atoms with Crippen LogP contribution in [-0.2, 0) is 0 Å². The van der Waals surface area contributed by atoms with Gasteiger partial charge in [-0.25, -0.2) is 0 Å². The maximum Gasteiger partial charge on any atom is 0.142 e. The third-order valence-electron chi connectivity index (χ3n) is 3.25. The van der Waals surface area contributed by atoms with Crippen molar-refractivity contribution in [3.05, 3.63) is 24.3 Å². The lowest BCUT2D eigenvalue weighted by atomic mass is 10.2. The van der Waals surface area contributed by atoms with E-state index in [0.29, 0.717) is 0 Å². The van der Waals surface area contributed by atoms with Crippen LogP contribution in [0.5, 0.6) is 5.75 Å². The summed E-state index contributed by atoms with van der Waals surface area (Å²) in [5, 5.41) is 3.50. The highest BCUT2D eigenvalue weighted by molar-refractivity contribution is 5.57. The quantitative estimate of drug-likeness (QED) is 0.731. The van der Waals surface area contributed by atoms with Crippen LogP contribution in [0.15, 0.2) is 24.3 Å². The minimum Gasteiger partial charge on any atom is -0.495 e. The van der Waals surface area contributed by atoms with Gasteiger partial charge < -0.3 is 15.0 Å². The van der Waals surface area contributed by atoms with Crippen LogP contribution in [0.25, 0.3) is 0 Å². The highest BCUT2D eigenvalue weighted by atomic mass is 16.5. The lowest BCUT2D eigenvalue weighted by Gasteiger charge is -2.21. The van der Waals surface area contributed by atoms with Gasteiger partial charge >= 0.3 is 0 Å². The first-order chi connectivity index (χ1) is 8.31. The van der Waals surface area contributed by atoms with Gasteiger partial charge in [0.25, 0.3) is 0 Å². The molecule has 1 aromatic rings. The van der Waals surface area contributed by atoms with E-state index in [-0.39, 0.29) is 0 Å². The lowest BCUT2D eigenvalue weighted by Crippen LogP contribution is -2.30. The van der Waals surface area contributed by atoms with Gasteiger partial charge in [0.1, 0.15) is 5.75 Å². The van der Waals surface area contributed by atoms with Gasteiger partial charge in [-0.3, -0.25) is 0 Å². The van der Waals surface area contributed by atoms with Crippen LogP contribution in [0.3, 0.4) is 0 Å². The molecular weight excluding hydrogens is 212 g/mol. The van der Waals surface area contributed by atoms with E-state index in [1.54, 1.807) is 7.11 Å². The molecule has 1 aliphatic carbocycles. The summed E-state index contributed by atoms with van der Waals surface area (Å²) < 4.78 is 5.36. The Morgan fingerprint density at radius 3 is 2.82 bits per heavy atom. The fourth-order valence-electron chi connectivity index (χ4n) is 1.94. The average molecular weight is 234 g/mol. The molecule has 17 heavy (non-hydrogen) atoms. The van der Waals surface area contributed by atoms with E-state index in [1.165, 1.54) is 19.4 Å². The molecule has 0 radical (unpaired) electrons. The maximum absolute atomic E-state index is 5.36. The summed E-state index contributed by atoms with van der Waals surface area (Å²) in [6.07, 6.45) is 2.82. The number of anilines is 1. The van der Waals surface area contributed by atoms with E-state index in [9.17, 15) is 0 Å². The number of rotatable bonds is 7. The van der Waals surface area contributed by atoms with Crippen molar-refractivity contribution in [2.24, 2.45) is 5.92 Å². The zero-order chi connectivity index (χ0) is 12.1. The number of nitrogens with one attached hydrogen (secondary N) is 1. The number of benzene rings is 1. The molecule has 1 aromatic carbocycles. The minimum absolute atomic E-state index is 0.942. The van der Waals surface area contributed by atoms with E-state index in [4.69, 9.17) is 4.74 Å². The topological polar surface area (TPSA) is 24.5 Å². The fourth-order valence-corrected chi connectivity index (χ4v) is 1.94. The summed E-state index contributed by atoms with van der Waals surface area (Å²) in [7, 11) is 3.83. The Morgan fingerprint density at radius 2 is 2.12 bits per heavy atom. The first-order valence-electron chi connectivity index (χ1n) is 6.36. The number of ether oxygens (including phenoxy) is 1. The molecule has 3 heteroatoms. The summed E-state index contributed by atoms with van der Waals surface area (Å²) >= 11 is 0. The largest absolute Gasteiger partial charge is 0.495 e. The molecule has 0 saturated heterocycles. The normalized spacial score (nSPS) is 14.7. The SMILES string of the molecule is COc1ccccc1N(C)CCNCC1CC1. The van der Waals surface area contributed by atoms with Crippen LogP contribution in [0.2, 0.25) is 0 Å². The van der Waals surface area contributed by atoms with Crippen molar-refractivity contribution < 1.29 is 4.74 Å². The van der Waals surface area contributed by atoms with Gasteiger partial charge in [0, 0.05) is 20.1 Å². The second-order valence-corrected chi connectivity index (χ2v) is 4.74. The molecule has 0 aliphatic heterocycles. The zero-order valence-electron chi connectivity index (χ0n) is 10.8. The van der Waals surface area contributed by atoms with Crippen LogP contribution in [0.1, 0.15) is 12.8 Å². The van der Waals surface area contributed by atoms with Gasteiger partial charge in [-0.15, -0.1) is 0 Å². The molecule has 94 valence electrons. The Balaban J connectivity index is 1.78. The van der Waals surface area contributed by atoms with Gasteiger partial charge in [0.05, 0.1) is 12.8 Å². The summed E-state index contributed by atoms with van der Waals surface area (Å²) in [4.78, 5) is 2.23. The molecule has 1 N–H and O–H groups in total. The third-order valence-corrected chi connectivity index (χ3v) is 3.25. The molecule has 1 fully saturated rings. The van der Waals surface area contributed by atoms with Gasteiger partial charge in [-0.1, -0.05) is 12.1 Å². The summed E-state index contributed by atoms with van der Waals surface area (Å²) in [6, 6.07) is 8.15. The lowest BCUT2D eigenvalue weighted by molar-refractivity contribution is 0.414. The number of para-hydroxylation sites is 2. The molecule has 0 bridgehead atoms. The smallest absolute Gasteiger partial charge is 0.142 e. The van der Waals surface area contributed by atoms with Crippen LogP contribution >= 0.6 is 0 Å². The van der Waals surface area contributed by atoms with Crippen LogP contribution in [-0.4, -0.2) is 33.8 Å². The van der Waals surface area contributed by atoms with Crippen LogP contribution in [0.4, 0.5) is 5.69 Å². The van der Waals surface area contributed by atoms with E-state index >= 15 is 0 Å². The van der Waals surface area contributed by atoms with Crippen LogP contribution < -0.4 is 15.0 Å². The second kappa shape index (κ2) is 5.92.